The van der Waals surface area contributed by atoms with E-state index in [0.29, 0.717) is 126 Å². The molecule has 424 valence electrons. The number of amides is 6. The summed E-state index contributed by atoms with van der Waals surface area (Å²) in [4.78, 5) is 97.1. The van der Waals surface area contributed by atoms with Crippen molar-refractivity contribution in [2.45, 2.75) is 142 Å². The fraction of sp³-hybridized carbons (Fsp3) is 0.586. The van der Waals surface area contributed by atoms with Crippen LogP contribution in [0.4, 0.5) is 9.59 Å². The Kier molecular flexibility index (Phi) is 22.7. The molecule has 0 bridgehead atoms. The number of piperidine rings is 2. The number of ether oxygens (including phenoxy) is 2. The van der Waals surface area contributed by atoms with Gasteiger partial charge in [0.1, 0.15) is 12.1 Å². The summed E-state index contributed by atoms with van der Waals surface area (Å²) in [5.74, 6) is 0.0786. The van der Waals surface area contributed by atoms with Crippen LogP contribution in [0.1, 0.15) is 126 Å². The van der Waals surface area contributed by atoms with Gasteiger partial charge in [-0.2, -0.15) is 0 Å². The summed E-state index contributed by atoms with van der Waals surface area (Å²) in [5, 5.41) is 12.7. The predicted octanol–water partition coefficient (Wildman–Crippen LogP) is 8.54. The molecule has 0 unspecified atom stereocenters. The maximum atomic E-state index is 13.8. The van der Waals surface area contributed by atoms with Crippen molar-refractivity contribution in [3.05, 3.63) is 106 Å². The second kappa shape index (κ2) is 29.7. The average molecular weight is 1120 g/mol. The van der Waals surface area contributed by atoms with E-state index in [4.69, 9.17) is 32.7 Å². The van der Waals surface area contributed by atoms with E-state index in [9.17, 15) is 28.8 Å². The lowest BCUT2D eigenvalue weighted by Crippen LogP contribution is -2.56. The molecule has 2 aliphatic heterocycles. The van der Waals surface area contributed by atoms with Crippen molar-refractivity contribution in [2.24, 2.45) is 22.7 Å². The third-order valence-corrected chi connectivity index (χ3v) is 17.0. The molecule has 18 nitrogen and oxygen atoms in total. The molecule has 0 spiro atoms. The number of hydrogen-bond acceptors (Lipinski definition) is 10. The molecule has 8 rings (SSSR count). The smallest absolute Gasteiger partial charge is 0.315 e. The van der Waals surface area contributed by atoms with E-state index in [-0.39, 0.29) is 23.8 Å². The maximum Gasteiger partial charge on any atom is 0.315 e. The molecule has 6 amide bonds. The van der Waals surface area contributed by atoms with Gasteiger partial charge in [-0.3, -0.25) is 19.2 Å². The lowest BCUT2D eigenvalue weighted by atomic mass is 9.63. The molecule has 2 aromatic carbocycles. The molecular weight excluding hydrogens is 1040 g/mol. The monoisotopic (exact) mass is 1110 g/mol. The Bertz CT molecular complexity index is 2330. The number of esters is 2. The van der Waals surface area contributed by atoms with Crippen molar-refractivity contribution in [3.63, 3.8) is 0 Å². The Morgan fingerprint density at radius 3 is 1.26 bits per heavy atom. The van der Waals surface area contributed by atoms with Crippen molar-refractivity contribution in [1.82, 2.24) is 51.0 Å². The quantitative estimate of drug-likeness (QED) is 0.0462. The van der Waals surface area contributed by atoms with Crippen molar-refractivity contribution < 1.29 is 38.2 Å². The van der Waals surface area contributed by atoms with Gasteiger partial charge in [-0.25, -0.2) is 19.6 Å². The highest BCUT2D eigenvalue weighted by Gasteiger charge is 2.51. The lowest BCUT2D eigenvalue weighted by Gasteiger charge is -2.46. The standard InChI is InChI=1S/2C29H40ClN5O4/c2*1-2-39-27(37)29(22-6-4-3-5-7-22)13-16-35(17-14-29)26(36)25(18-21-8-10-23(30)11-9-21)34-28(38)32-15-12-24-19-31-20-33-24/h2*8-11,19-20,22,25H,2-7,12-18H2,1H3,(H,31,33)(H2,32,34,38)/t2*25-/m10/s1. The Balaban J connectivity index is 0.000000226. The number of carbonyl (C=O) groups excluding carboxylic acids is 6. The van der Waals surface area contributed by atoms with Crippen LogP contribution >= 0.6 is 23.2 Å². The van der Waals surface area contributed by atoms with Crippen LogP contribution in [0.15, 0.2) is 73.6 Å². The number of nitrogens with one attached hydrogen (secondary N) is 6. The first-order valence-corrected chi connectivity index (χ1v) is 29.0. The molecular formula is C58H80Cl2N10O8. The summed E-state index contributed by atoms with van der Waals surface area (Å²) in [5.41, 5.74) is 2.57. The summed E-state index contributed by atoms with van der Waals surface area (Å²) >= 11 is 12.1. The normalized spacial score (nSPS) is 18.3. The second-order valence-corrected chi connectivity index (χ2v) is 22.2. The molecule has 4 fully saturated rings. The molecule has 20 heteroatoms. The lowest BCUT2D eigenvalue weighted by molar-refractivity contribution is -0.166. The van der Waals surface area contributed by atoms with Crippen LogP contribution in [0.5, 0.6) is 0 Å². The molecule has 0 radical (unpaired) electrons. The Labute approximate surface area is 469 Å². The van der Waals surface area contributed by atoms with Gasteiger partial charge in [-0.05, 0) is 112 Å². The van der Waals surface area contributed by atoms with E-state index >= 15 is 0 Å². The van der Waals surface area contributed by atoms with Gasteiger partial charge in [0.25, 0.3) is 0 Å². The fourth-order valence-electron chi connectivity index (χ4n) is 12.1. The van der Waals surface area contributed by atoms with E-state index < -0.39 is 35.0 Å². The van der Waals surface area contributed by atoms with Gasteiger partial charge in [-0.15, -0.1) is 0 Å². The van der Waals surface area contributed by atoms with Gasteiger partial charge in [-0.1, -0.05) is 86.0 Å². The number of nitrogens with zero attached hydrogens (tertiary/aromatic N) is 4. The van der Waals surface area contributed by atoms with Crippen LogP contribution in [-0.4, -0.2) is 130 Å². The van der Waals surface area contributed by atoms with E-state index in [1.54, 1.807) is 59.1 Å². The Morgan fingerprint density at radius 1 is 0.577 bits per heavy atom. The first-order chi connectivity index (χ1) is 37.8. The van der Waals surface area contributed by atoms with Gasteiger partial charge in [0.05, 0.1) is 36.7 Å². The highest BCUT2D eigenvalue weighted by Crippen LogP contribution is 2.48. The summed E-state index contributed by atoms with van der Waals surface area (Å²) in [6.07, 6.45) is 22.0. The maximum absolute atomic E-state index is 13.8. The van der Waals surface area contributed by atoms with Gasteiger partial charge < -0.3 is 50.5 Å². The SMILES string of the molecule is CCOC(=O)C1(C2CCCCC2)CCN(C(=O)[C@@H](Cc2ccc(Cl)cc2)NC(=O)NCCc2cnc[nH]2)CC1.CCOC(=O)C1(C2CCCCC2)CCN(C(=O)[C@H](Cc2ccc(Cl)cc2)NC(=O)NCCc2cnc[nH]2)CC1. The number of aromatic nitrogens is 4. The topological polar surface area (TPSA) is 233 Å². The Hall–Kier alpha value is -6.14. The molecule has 2 saturated carbocycles. The van der Waals surface area contributed by atoms with Crippen LogP contribution in [0.3, 0.4) is 0 Å². The van der Waals surface area contributed by atoms with Gasteiger partial charge in [0.15, 0.2) is 0 Å². The number of urea groups is 2. The minimum Gasteiger partial charge on any atom is -0.466 e. The molecule has 2 aliphatic carbocycles. The Morgan fingerprint density at radius 2 is 0.936 bits per heavy atom. The van der Waals surface area contributed by atoms with E-state index in [0.717, 1.165) is 73.9 Å². The van der Waals surface area contributed by atoms with Crippen LogP contribution in [-0.2, 0) is 54.3 Å². The highest BCUT2D eigenvalue weighted by molar-refractivity contribution is 6.30. The van der Waals surface area contributed by atoms with E-state index in [2.05, 4.69) is 41.2 Å². The molecule has 4 aliphatic rings. The third-order valence-electron chi connectivity index (χ3n) is 16.5. The summed E-state index contributed by atoms with van der Waals surface area (Å²) in [7, 11) is 0. The molecule has 2 atom stereocenters. The number of carbonyl (C=O) groups is 6. The fourth-order valence-corrected chi connectivity index (χ4v) is 12.4. The van der Waals surface area contributed by atoms with E-state index in [1.165, 1.54) is 12.8 Å². The molecule has 4 heterocycles. The third kappa shape index (κ3) is 16.5. The number of imidazole rings is 2. The number of halogens is 2. The predicted molar refractivity (Wildman–Crippen MR) is 298 cm³/mol. The highest BCUT2D eigenvalue weighted by atomic mass is 35.5. The number of H-pyrrole nitrogens is 2. The van der Waals surface area contributed by atoms with Gasteiger partial charge >= 0.3 is 24.0 Å². The number of aromatic amines is 2. The van der Waals surface area contributed by atoms with Crippen LogP contribution < -0.4 is 21.3 Å². The van der Waals surface area contributed by atoms with Crippen molar-refractivity contribution in [2.75, 3.05) is 52.5 Å². The number of rotatable bonds is 20. The summed E-state index contributed by atoms with van der Waals surface area (Å²) in [6, 6.07) is 12.3. The van der Waals surface area contributed by atoms with Crippen molar-refractivity contribution in [3.8, 4) is 0 Å². The minimum absolute atomic E-state index is 0.114. The molecule has 78 heavy (non-hydrogen) atoms. The van der Waals surface area contributed by atoms with Crippen LogP contribution in [0, 0.1) is 22.7 Å². The zero-order valence-electron chi connectivity index (χ0n) is 45.4. The zero-order chi connectivity index (χ0) is 55.3. The molecule has 2 saturated heterocycles. The molecule has 4 aromatic rings. The van der Waals surface area contributed by atoms with Gasteiger partial charge in [0.2, 0.25) is 11.8 Å². The van der Waals surface area contributed by atoms with Crippen LogP contribution in [0.25, 0.3) is 0 Å². The zero-order valence-corrected chi connectivity index (χ0v) is 46.9. The van der Waals surface area contributed by atoms with Gasteiger partial charge in [0, 0.05) is 98.8 Å². The van der Waals surface area contributed by atoms with Crippen LogP contribution in [0.2, 0.25) is 10.0 Å². The van der Waals surface area contributed by atoms with E-state index in [1.807, 2.05) is 38.1 Å². The first-order valence-electron chi connectivity index (χ1n) is 28.3. The average Bonchev–Trinajstić information content (AvgIpc) is 4.26. The van der Waals surface area contributed by atoms with Crippen molar-refractivity contribution >= 4 is 59.0 Å². The van der Waals surface area contributed by atoms with Crippen molar-refractivity contribution in [1.29, 1.82) is 0 Å². The summed E-state index contributed by atoms with van der Waals surface area (Å²) in [6.45, 7) is 7.09. The number of likely N-dealkylation sites (tertiary alicyclic amines) is 2. The first kappa shape index (κ1) is 59.5. The number of benzene rings is 2. The number of hydrogen-bond donors (Lipinski definition) is 6. The molecule has 2 aromatic heterocycles. The second-order valence-electron chi connectivity index (χ2n) is 21.3. The summed E-state index contributed by atoms with van der Waals surface area (Å²) < 4.78 is 11.1. The molecule has 6 N–H and O–H groups in total. The minimum atomic E-state index is -0.747. The largest absolute Gasteiger partial charge is 0.466 e.